The first-order valence-corrected chi connectivity index (χ1v) is 8.32. The molecule has 7 nitrogen and oxygen atoms in total. The average Bonchev–Trinajstić information content (AvgIpc) is 2.56. The van der Waals surface area contributed by atoms with Crippen LogP contribution in [0.25, 0.3) is 0 Å². The fourth-order valence-corrected chi connectivity index (χ4v) is 2.01. The van der Waals surface area contributed by atoms with E-state index in [1.807, 2.05) is 13.0 Å². The minimum absolute atomic E-state index is 0.283. The second-order valence-electron chi connectivity index (χ2n) is 4.99. The van der Waals surface area contributed by atoms with Gasteiger partial charge >= 0.3 is 5.97 Å². The standard InChI is InChI=1S/C16H21BrN2O5/c1-3-7-18-16(22)11(2)19-14(20)9-24-15(21)10-23-13-6-4-5-12(17)8-13/h4-6,8,11H,3,7,9-10H2,1-2H3,(H,18,22)(H,19,20)/t11-/m1/s1. The summed E-state index contributed by atoms with van der Waals surface area (Å²) in [6.45, 7) is 3.25. The third kappa shape index (κ3) is 7.96. The number of hydrogen-bond acceptors (Lipinski definition) is 5. The quantitative estimate of drug-likeness (QED) is 0.611. The lowest BCUT2D eigenvalue weighted by Gasteiger charge is -2.14. The molecule has 0 heterocycles. The molecule has 1 aromatic carbocycles. The number of halogens is 1. The lowest BCUT2D eigenvalue weighted by atomic mass is 10.3. The lowest BCUT2D eigenvalue weighted by Crippen LogP contribution is -2.46. The van der Waals surface area contributed by atoms with Crippen LogP contribution in [-0.2, 0) is 19.1 Å². The molecule has 24 heavy (non-hydrogen) atoms. The van der Waals surface area contributed by atoms with E-state index in [1.54, 1.807) is 25.1 Å². The fraction of sp³-hybridized carbons (Fsp3) is 0.438. The summed E-state index contributed by atoms with van der Waals surface area (Å²) in [5.74, 6) is -1.00. The molecule has 0 aliphatic rings. The van der Waals surface area contributed by atoms with Crippen molar-refractivity contribution < 1.29 is 23.9 Å². The molecule has 0 saturated heterocycles. The predicted molar refractivity (Wildman–Crippen MR) is 91.5 cm³/mol. The Balaban J connectivity index is 2.26. The van der Waals surface area contributed by atoms with Crippen molar-refractivity contribution in [3.8, 4) is 5.75 Å². The van der Waals surface area contributed by atoms with E-state index in [2.05, 4.69) is 26.6 Å². The number of carbonyl (C=O) groups excluding carboxylic acids is 3. The summed E-state index contributed by atoms with van der Waals surface area (Å²) in [5.41, 5.74) is 0. The Morgan fingerprint density at radius 3 is 2.67 bits per heavy atom. The van der Waals surface area contributed by atoms with Crippen molar-refractivity contribution in [1.82, 2.24) is 10.6 Å². The molecule has 0 aromatic heterocycles. The number of hydrogen-bond donors (Lipinski definition) is 2. The van der Waals surface area contributed by atoms with Crippen molar-refractivity contribution in [2.24, 2.45) is 0 Å². The van der Waals surface area contributed by atoms with E-state index >= 15 is 0 Å². The summed E-state index contributed by atoms with van der Waals surface area (Å²) in [4.78, 5) is 34.8. The van der Waals surface area contributed by atoms with E-state index in [1.165, 1.54) is 0 Å². The molecule has 132 valence electrons. The molecule has 0 bridgehead atoms. The van der Waals surface area contributed by atoms with Crippen molar-refractivity contribution in [2.75, 3.05) is 19.8 Å². The zero-order valence-electron chi connectivity index (χ0n) is 13.6. The van der Waals surface area contributed by atoms with Gasteiger partial charge in [-0.05, 0) is 31.5 Å². The van der Waals surface area contributed by atoms with E-state index in [0.717, 1.165) is 10.9 Å². The monoisotopic (exact) mass is 400 g/mol. The van der Waals surface area contributed by atoms with Crippen LogP contribution >= 0.6 is 15.9 Å². The highest BCUT2D eigenvalue weighted by molar-refractivity contribution is 9.10. The number of esters is 1. The van der Waals surface area contributed by atoms with Gasteiger partial charge < -0.3 is 20.1 Å². The maximum Gasteiger partial charge on any atom is 0.344 e. The van der Waals surface area contributed by atoms with Crippen LogP contribution in [0.3, 0.4) is 0 Å². The normalized spacial score (nSPS) is 11.3. The highest BCUT2D eigenvalue weighted by Crippen LogP contribution is 2.17. The molecule has 0 aliphatic carbocycles. The van der Waals surface area contributed by atoms with Crippen molar-refractivity contribution in [3.63, 3.8) is 0 Å². The molecular weight excluding hydrogens is 380 g/mol. The summed E-state index contributed by atoms with van der Waals surface area (Å²) in [5, 5.41) is 5.11. The van der Waals surface area contributed by atoms with Gasteiger partial charge in [0.15, 0.2) is 13.2 Å². The first-order chi connectivity index (χ1) is 11.4. The van der Waals surface area contributed by atoms with Crippen LogP contribution in [0.2, 0.25) is 0 Å². The number of rotatable bonds is 9. The third-order valence-electron chi connectivity index (χ3n) is 2.84. The van der Waals surface area contributed by atoms with E-state index in [9.17, 15) is 14.4 Å². The van der Waals surface area contributed by atoms with E-state index < -0.39 is 24.5 Å². The Morgan fingerprint density at radius 2 is 2.00 bits per heavy atom. The van der Waals surface area contributed by atoms with Crippen LogP contribution in [0, 0.1) is 0 Å². The van der Waals surface area contributed by atoms with Crippen LogP contribution < -0.4 is 15.4 Å². The Morgan fingerprint density at radius 1 is 1.25 bits per heavy atom. The Labute approximate surface area is 149 Å². The maximum atomic E-state index is 11.6. The Bertz CT molecular complexity index is 579. The summed E-state index contributed by atoms with van der Waals surface area (Å²) in [6, 6.07) is 6.30. The number of benzene rings is 1. The number of amides is 2. The molecule has 1 atom stereocenters. The second kappa shape index (κ2) is 10.6. The van der Waals surface area contributed by atoms with Crippen molar-refractivity contribution in [1.29, 1.82) is 0 Å². The SMILES string of the molecule is CCCNC(=O)[C@@H](C)NC(=O)COC(=O)COc1cccc(Br)c1. The maximum absolute atomic E-state index is 11.6. The molecular formula is C16H21BrN2O5. The van der Waals surface area contributed by atoms with Gasteiger partial charge in [-0.25, -0.2) is 4.79 Å². The number of nitrogens with one attached hydrogen (secondary N) is 2. The molecule has 0 fully saturated rings. The third-order valence-corrected chi connectivity index (χ3v) is 3.33. The summed E-state index contributed by atoms with van der Waals surface area (Å²) >= 11 is 3.29. The molecule has 0 spiro atoms. The van der Waals surface area contributed by atoms with Gasteiger partial charge in [-0.1, -0.05) is 28.9 Å². The molecule has 0 unspecified atom stereocenters. The summed E-state index contributed by atoms with van der Waals surface area (Å²) in [6.07, 6.45) is 0.808. The highest BCUT2D eigenvalue weighted by Gasteiger charge is 2.16. The summed E-state index contributed by atoms with van der Waals surface area (Å²) in [7, 11) is 0. The lowest BCUT2D eigenvalue weighted by molar-refractivity contribution is -0.150. The molecule has 0 radical (unpaired) electrons. The minimum Gasteiger partial charge on any atom is -0.482 e. The van der Waals surface area contributed by atoms with Gasteiger partial charge in [0.25, 0.3) is 5.91 Å². The van der Waals surface area contributed by atoms with Gasteiger partial charge in [-0.2, -0.15) is 0 Å². The zero-order valence-corrected chi connectivity index (χ0v) is 15.2. The van der Waals surface area contributed by atoms with Crippen LogP contribution in [0.1, 0.15) is 20.3 Å². The zero-order chi connectivity index (χ0) is 17.9. The van der Waals surface area contributed by atoms with Crippen molar-refractivity contribution in [2.45, 2.75) is 26.3 Å². The minimum atomic E-state index is -0.694. The number of carbonyl (C=O) groups is 3. The molecule has 1 rings (SSSR count). The fourth-order valence-electron chi connectivity index (χ4n) is 1.64. The van der Waals surface area contributed by atoms with Gasteiger partial charge in [-0.3, -0.25) is 9.59 Å². The Hall–Kier alpha value is -2.09. The van der Waals surface area contributed by atoms with Gasteiger partial charge in [0, 0.05) is 11.0 Å². The summed E-state index contributed by atoms with van der Waals surface area (Å²) < 4.78 is 10.9. The molecule has 0 aliphatic heterocycles. The van der Waals surface area contributed by atoms with Crippen molar-refractivity contribution >= 4 is 33.7 Å². The van der Waals surface area contributed by atoms with E-state index in [0.29, 0.717) is 12.3 Å². The highest BCUT2D eigenvalue weighted by atomic mass is 79.9. The number of ether oxygens (including phenoxy) is 2. The molecule has 2 amide bonds. The molecule has 2 N–H and O–H groups in total. The van der Waals surface area contributed by atoms with Gasteiger partial charge in [0.05, 0.1) is 0 Å². The first-order valence-electron chi connectivity index (χ1n) is 7.53. The van der Waals surface area contributed by atoms with Crippen LogP contribution in [0.5, 0.6) is 5.75 Å². The van der Waals surface area contributed by atoms with Crippen molar-refractivity contribution in [3.05, 3.63) is 28.7 Å². The van der Waals surface area contributed by atoms with E-state index in [-0.39, 0.29) is 12.5 Å². The van der Waals surface area contributed by atoms with Crippen LogP contribution in [0.4, 0.5) is 0 Å². The second-order valence-corrected chi connectivity index (χ2v) is 5.90. The first kappa shape index (κ1) is 20.0. The smallest absolute Gasteiger partial charge is 0.344 e. The van der Waals surface area contributed by atoms with Gasteiger partial charge in [0.1, 0.15) is 11.8 Å². The van der Waals surface area contributed by atoms with Crippen LogP contribution in [-0.4, -0.2) is 43.6 Å². The van der Waals surface area contributed by atoms with Gasteiger partial charge in [-0.15, -0.1) is 0 Å². The van der Waals surface area contributed by atoms with Gasteiger partial charge in [0.2, 0.25) is 5.91 Å². The van der Waals surface area contributed by atoms with Crippen LogP contribution in [0.15, 0.2) is 28.7 Å². The molecule has 0 saturated carbocycles. The molecule has 1 aromatic rings. The molecule has 8 heteroatoms. The largest absolute Gasteiger partial charge is 0.482 e. The van der Waals surface area contributed by atoms with E-state index in [4.69, 9.17) is 9.47 Å². The average molecular weight is 401 g/mol. The Kier molecular flexibility index (Phi) is 8.85. The predicted octanol–water partition coefficient (Wildman–Crippen LogP) is 1.40. The topological polar surface area (TPSA) is 93.7 Å².